The monoisotopic (exact) mass is 509 g/mol. The summed E-state index contributed by atoms with van der Waals surface area (Å²) in [6, 6.07) is 18.1. The number of rotatable bonds is 4. The van der Waals surface area contributed by atoms with Gasteiger partial charge in [0.25, 0.3) is 5.56 Å². The lowest BCUT2D eigenvalue weighted by Crippen LogP contribution is -2.38. The minimum absolute atomic E-state index is 0.0451. The summed E-state index contributed by atoms with van der Waals surface area (Å²) in [6.45, 7) is 1.49. The van der Waals surface area contributed by atoms with E-state index in [9.17, 15) is 20.0 Å². The number of phenols is 1. The molecule has 0 radical (unpaired) electrons. The van der Waals surface area contributed by atoms with E-state index < -0.39 is 23.3 Å². The molecule has 2 aliphatic heterocycles. The van der Waals surface area contributed by atoms with E-state index in [1.807, 2.05) is 36.4 Å². The average Bonchev–Trinajstić information content (AvgIpc) is 3.16. The minimum Gasteiger partial charge on any atom is -0.508 e. The third-order valence-electron chi connectivity index (χ3n) is 6.79. The van der Waals surface area contributed by atoms with Gasteiger partial charge in [0.15, 0.2) is 11.5 Å². The molecular formula is C28H23N5O5. The van der Waals surface area contributed by atoms with Crippen LogP contribution in [0.4, 0.5) is 11.8 Å². The van der Waals surface area contributed by atoms with Gasteiger partial charge in [-0.25, -0.2) is 0 Å². The van der Waals surface area contributed by atoms with Crippen LogP contribution in [0.5, 0.6) is 17.2 Å². The summed E-state index contributed by atoms with van der Waals surface area (Å²) < 4.78 is 11.4. The molecule has 0 fully saturated rings. The van der Waals surface area contributed by atoms with Gasteiger partial charge in [-0.05, 0) is 34.5 Å². The Bertz CT molecular complexity index is 1680. The smallest absolute Gasteiger partial charge is 0.258 e. The zero-order valence-electron chi connectivity index (χ0n) is 20.2. The predicted octanol–water partition coefficient (Wildman–Crippen LogP) is 3.63. The first-order valence-corrected chi connectivity index (χ1v) is 12.2. The first-order chi connectivity index (χ1) is 18.5. The third-order valence-corrected chi connectivity index (χ3v) is 6.79. The van der Waals surface area contributed by atoms with Crippen molar-refractivity contribution in [1.82, 2.24) is 9.97 Å². The summed E-state index contributed by atoms with van der Waals surface area (Å²) in [5.74, 6) is -1.41. The summed E-state index contributed by atoms with van der Waals surface area (Å²) in [5, 5.41) is 27.9. The van der Waals surface area contributed by atoms with E-state index in [-0.39, 0.29) is 23.1 Å². The summed E-state index contributed by atoms with van der Waals surface area (Å²) in [5.41, 5.74) is 0.811. The lowest BCUT2D eigenvalue weighted by Gasteiger charge is -2.29. The Kier molecular flexibility index (Phi) is 5.81. The molecule has 1 amide bonds. The molecule has 3 heterocycles. The molecule has 4 N–H and O–H groups in total. The fraction of sp³-hybridized carbons (Fsp3) is 0.214. The number of fused-ring (bicyclic) bond motifs is 3. The third kappa shape index (κ3) is 4.04. The SMILES string of the molecule is N#CC1C(=O)Nc2nc(NCc3ccc4c(c3)OCCCO4)[nH]c(=O)c2C1c1c(O)ccc2ccccc12. The number of nitrogens with one attached hydrogen (secondary N) is 3. The fourth-order valence-electron chi connectivity index (χ4n) is 5.02. The average molecular weight is 510 g/mol. The summed E-state index contributed by atoms with van der Waals surface area (Å²) in [6.07, 6.45) is 0.804. The van der Waals surface area contributed by atoms with Crippen molar-refractivity contribution in [3.05, 3.63) is 81.6 Å². The van der Waals surface area contributed by atoms with Crippen LogP contribution in [0.2, 0.25) is 0 Å². The Balaban J connectivity index is 1.37. The second-order valence-corrected chi connectivity index (χ2v) is 9.16. The maximum absolute atomic E-state index is 13.4. The zero-order valence-corrected chi connectivity index (χ0v) is 20.2. The van der Waals surface area contributed by atoms with Gasteiger partial charge in [0.2, 0.25) is 11.9 Å². The number of aromatic hydroxyl groups is 1. The molecule has 190 valence electrons. The van der Waals surface area contributed by atoms with E-state index in [2.05, 4.69) is 20.6 Å². The number of aromatic amines is 1. The van der Waals surface area contributed by atoms with Crippen molar-refractivity contribution < 1.29 is 19.4 Å². The Morgan fingerprint density at radius 3 is 2.71 bits per heavy atom. The number of H-pyrrole nitrogens is 1. The van der Waals surface area contributed by atoms with E-state index in [0.717, 1.165) is 17.4 Å². The van der Waals surface area contributed by atoms with E-state index >= 15 is 0 Å². The van der Waals surface area contributed by atoms with Crippen molar-refractivity contribution in [3.63, 3.8) is 0 Å². The van der Waals surface area contributed by atoms with Crippen LogP contribution in [-0.2, 0) is 11.3 Å². The van der Waals surface area contributed by atoms with Crippen LogP contribution in [0, 0.1) is 17.2 Å². The van der Waals surface area contributed by atoms with Gasteiger partial charge in [-0.2, -0.15) is 10.2 Å². The molecule has 4 aromatic rings. The van der Waals surface area contributed by atoms with Crippen molar-refractivity contribution >= 4 is 28.4 Å². The number of benzene rings is 3. The molecule has 0 bridgehead atoms. The zero-order chi connectivity index (χ0) is 26.2. The molecule has 6 rings (SSSR count). The number of hydrogen-bond acceptors (Lipinski definition) is 8. The number of nitriles is 1. The lowest BCUT2D eigenvalue weighted by molar-refractivity contribution is -0.119. The number of phenolic OH excluding ortho intramolecular Hbond substituents is 1. The van der Waals surface area contributed by atoms with Gasteiger partial charge >= 0.3 is 0 Å². The van der Waals surface area contributed by atoms with Crippen LogP contribution < -0.4 is 25.7 Å². The minimum atomic E-state index is -1.23. The van der Waals surface area contributed by atoms with Gasteiger partial charge in [-0.15, -0.1) is 0 Å². The number of carbonyl (C=O) groups excluding carboxylic acids is 1. The molecule has 2 atom stereocenters. The number of anilines is 2. The van der Waals surface area contributed by atoms with Crippen LogP contribution in [0.25, 0.3) is 10.8 Å². The van der Waals surface area contributed by atoms with Crippen molar-refractivity contribution in [3.8, 4) is 23.3 Å². The van der Waals surface area contributed by atoms with E-state index in [1.165, 1.54) is 6.07 Å². The maximum atomic E-state index is 13.4. The number of aromatic nitrogens is 2. The van der Waals surface area contributed by atoms with Crippen molar-refractivity contribution in [2.24, 2.45) is 5.92 Å². The highest BCUT2D eigenvalue weighted by molar-refractivity contribution is 5.99. The highest BCUT2D eigenvalue weighted by Crippen LogP contribution is 2.44. The van der Waals surface area contributed by atoms with Gasteiger partial charge in [-0.3, -0.25) is 14.6 Å². The highest BCUT2D eigenvalue weighted by atomic mass is 16.5. The standard InChI is InChI=1S/C28H23N5O5/c29-13-18-23(22-17-5-2-1-4-16(17)7-8-19(22)34)24-25(31-26(18)35)32-28(33-27(24)36)30-14-15-6-9-20-21(12-15)38-11-3-10-37-20/h1-2,4-9,12,18,23,34H,3,10-11,14H2,(H3,30,31,32,33,35,36). The maximum Gasteiger partial charge on any atom is 0.258 e. The molecule has 38 heavy (non-hydrogen) atoms. The molecule has 2 aliphatic rings. The first kappa shape index (κ1) is 23.4. The van der Waals surface area contributed by atoms with Crippen LogP contribution in [0.1, 0.15) is 29.0 Å². The van der Waals surface area contributed by atoms with Crippen molar-refractivity contribution in [2.45, 2.75) is 18.9 Å². The number of nitrogens with zero attached hydrogens (tertiary/aromatic N) is 2. The Morgan fingerprint density at radius 2 is 1.87 bits per heavy atom. The molecule has 0 aliphatic carbocycles. The van der Waals surface area contributed by atoms with Crippen molar-refractivity contribution in [1.29, 1.82) is 5.26 Å². The second kappa shape index (κ2) is 9.44. The quantitative estimate of drug-likeness (QED) is 0.326. The Hall–Kier alpha value is -5.04. The van der Waals surface area contributed by atoms with Crippen molar-refractivity contribution in [2.75, 3.05) is 23.8 Å². The predicted molar refractivity (Wildman–Crippen MR) is 139 cm³/mol. The van der Waals surface area contributed by atoms with Gasteiger partial charge < -0.3 is 25.2 Å². The number of ether oxygens (including phenoxy) is 2. The number of hydrogen-bond donors (Lipinski definition) is 4. The van der Waals surface area contributed by atoms with Gasteiger partial charge in [0, 0.05) is 24.4 Å². The lowest BCUT2D eigenvalue weighted by atomic mass is 9.77. The molecule has 10 heteroatoms. The first-order valence-electron chi connectivity index (χ1n) is 12.2. The molecule has 3 aromatic carbocycles. The molecule has 2 unspecified atom stereocenters. The number of amides is 1. The van der Waals surface area contributed by atoms with E-state index in [1.54, 1.807) is 18.2 Å². The van der Waals surface area contributed by atoms with Crippen LogP contribution in [-0.4, -0.2) is 34.2 Å². The highest BCUT2D eigenvalue weighted by Gasteiger charge is 2.42. The van der Waals surface area contributed by atoms with E-state index in [4.69, 9.17) is 9.47 Å². The van der Waals surface area contributed by atoms with Crippen LogP contribution >= 0.6 is 0 Å². The normalized spacial score (nSPS) is 18.1. The molecular weight excluding hydrogens is 486 g/mol. The summed E-state index contributed by atoms with van der Waals surface area (Å²) >= 11 is 0. The van der Waals surface area contributed by atoms with Gasteiger partial charge in [-0.1, -0.05) is 36.4 Å². The van der Waals surface area contributed by atoms with E-state index in [0.29, 0.717) is 42.2 Å². The van der Waals surface area contributed by atoms with Crippen LogP contribution in [0.15, 0.2) is 59.4 Å². The molecule has 0 spiro atoms. The Labute approximate surface area is 216 Å². The number of carbonyl (C=O) groups is 1. The van der Waals surface area contributed by atoms with Gasteiger partial charge in [0.05, 0.1) is 24.8 Å². The topological polar surface area (TPSA) is 149 Å². The summed E-state index contributed by atoms with van der Waals surface area (Å²) in [7, 11) is 0. The molecule has 0 saturated heterocycles. The summed E-state index contributed by atoms with van der Waals surface area (Å²) in [4.78, 5) is 33.6. The molecule has 10 nitrogen and oxygen atoms in total. The Morgan fingerprint density at radius 1 is 1.05 bits per heavy atom. The molecule has 0 saturated carbocycles. The largest absolute Gasteiger partial charge is 0.508 e. The second-order valence-electron chi connectivity index (χ2n) is 9.16. The van der Waals surface area contributed by atoms with Crippen LogP contribution in [0.3, 0.4) is 0 Å². The molecule has 1 aromatic heterocycles. The van der Waals surface area contributed by atoms with Gasteiger partial charge in [0.1, 0.15) is 17.5 Å². The fourth-order valence-corrected chi connectivity index (χ4v) is 5.02.